The van der Waals surface area contributed by atoms with Gasteiger partial charge in [0.2, 0.25) is 11.1 Å². The third-order valence-corrected chi connectivity index (χ3v) is 4.87. The van der Waals surface area contributed by atoms with Crippen molar-refractivity contribution in [3.8, 4) is 0 Å². The quantitative estimate of drug-likeness (QED) is 0.652. The number of H-pyrrole nitrogens is 1. The minimum atomic E-state index is -0.109. The van der Waals surface area contributed by atoms with Crippen LogP contribution in [0.25, 0.3) is 0 Å². The van der Waals surface area contributed by atoms with E-state index in [0.717, 1.165) is 12.2 Å². The number of hydrogen-bond donors (Lipinski definition) is 2. The van der Waals surface area contributed by atoms with E-state index in [9.17, 15) is 4.79 Å². The summed E-state index contributed by atoms with van der Waals surface area (Å²) in [7, 11) is 0. The molecule has 8 heteroatoms. The molecule has 1 amide bonds. The van der Waals surface area contributed by atoms with Crippen molar-refractivity contribution >= 4 is 46.3 Å². The third-order valence-electron chi connectivity index (χ3n) is 2.89. The SMILES string of the molecule is O=C(CSc1n[nH]c(Cc2cccs2)n1)Nc1ccc(Cl)cc1. The number of amides is 1. The Morgan fingerprint density at radius 2 is 2.13 bits per heavy atom. The number of thioether (sulfide) groups is 1. The molecule has 0 spiro atoms. The Bertz CT molecular complexity index is 771. The summed E-state index contributed by atoms with van der Waals surface area (Å²) in [6.45, 7) is 0. The van der Waals surface area contributed by atoms with Crippen LogP contribution in [0.15, 0.2) is 46.9 Å². The molecule has 0 atom stereocenters. The van der Waals surface area contributed by atoms with Crippen molar-refractivity contribution in [3.63, 3.8) is 0 Å². The molecule has 0 aliphatic rings. The van der Waals surface area contributed by atoms with Crippen molar-refractivity contribution in [1.82, 2.24) is 15.2 Å². The highest BCUT2D eigenvalue weighted by Gasteiger charge is 2.09. The van der Waals surface area contributed by atoms with Gasteiger partial charge in [-0.25, -0.2) is 4.98 Å². The van der Waals surface area contributed by atoms with E-state index in [1.165, 1.54) is 16.6 Å². The number of carbonyl (C=O) groups excluding carboxylic acids is 1. The van der Waals surface area contributed by atoms with Gasteiger partial charge in [-0.2, -0.15) is 0 Å². The van der Waals surface area contributed by atoms with Crippen molar-refractivity contribution in [2.45, 2.75) is 11.6 Å². The summed E-state index contributed by atoms with van der Waals surface area (Å²) in [5.74, 6) is 0.939. The van der Waals surface area contributed by atoms with E-state index in [1.807, 2.05) is 11.4 Å². The second-order valence-electron chi connectivity index (χ2n) is 4.66. The van der Waals surface area contributed by atoms with Crippen molar-refractivity contribution in [2.24, 2.45) is 0 Å². The smallest absolute Gasteiger partial charge is 0.234 e. The van der Waals surface area contributed by atoms with Gasteiger partial charge >= 0.3 is 0 Å². The zero-order chi connectivity index (χ0) is 16.1. The van der Waals surface area contributed by atoms with Crippen LogP contribution >= 0.6 is 34.7 Å². The molecular weight excluding hydrogens is 352 g/mol. The predicted molar refractivity (Wildman–Crippen MR) is 94.3 cm³/mol. The van der Waals surface area contributed by atoms with Gasteiger partial charge in [0, 0.05) is 22.0 Å². The number of aromatic amines is 1. The Hall–Kier alpha value is -1.83. The van der Waals surface area contributed by atoms with Crippen LogP contribution in [0.3, 0.4) is 0 Å². The number of carbonyl (C=O) groups is 1. The number of aromatic nitrogens is 3. The van der Waals surface area contributed by atoms with Gasteiger partial charge in [0.25, 0.3) is 0 Å². The number of nitrogens with one attached hydrogen (secondary N) is 2. The van der Waals surface area contributed by atoms with Gasteiger partial charge < -0.3 is 5.32 Å². The molecule has 2 heterocycles. The highest BCUT2D eigenvalue weighted by molar-refractivity contribution is 7.99. The van der Waals surface area contributed by atoms with E-state index in [4.69, 9.17) is 11.6 Å². The average Bonchev–Trinajstić information content (AvgIpc) is 3.20. The van der Waals surface area contributed by atoms with E-state index in [1.54, 1.807) is 35.6 Å². The van der Waals surface area contributed by atoms with E-state index in [2.05, 4.69) is 26.6 Å². The van der Waals surface area contributed by atoms with Crippen molar-refractivity contribution < 1.29 is 4.79 Å². The summed E-state index contributed by atoms with van der Waals surface area (Å²) in [4.78, 5) is 17.5. The Morgan fingerprint density at radius 3 is 2.87 bits per heavy atom. The first kappa shape index (κ1) is 16.0. The van der Waals surface area contributed by atoms with Crippen LogP contribution in [0.5, 0.6) is 0 Å². The summed E-state index contributed by atoms with van der Waals surface area (Å²) in [6.07, 6.45) is 0.724. The van der Waals surface area contributed by atoms with Crippen LogP contribution in [0.4, 0.5) is 5.69 Å². The molecule has 23 heavy (non-hydrogen) atoms. The monoisotopic (exact) mass is 364 g/mol. The minimum absolute atomic E-state index is 0.109. The molecule has 0 aliphatic heterocycles. The maximum Gasteiger partial charge on any atom is 0.234 e. The largest absolute Gasteiger partial charge is 0.325 e. The molecule has 2 N–H and O–H groups in total. The maximum absolute atomic E-state index is 11.9. The van der Waals surface area contributed by atoms with Crippen LogP contribution < -0.4 is 5.32 Å². The van der Waals surface area contributed by atoms with Crippen LogP contribution in [0.2, 0.25) is 5.02 Å². The summed E-state index contributed by atoms with van der Waals surface area (Å²) in [5, 5.41) is 13.1. The highest BCUT2D eigenvalue weighted by atomic mass is 35.5. The molecule has 2 aromatic heterocycles. The normalized spacial score (nSPS) is 10.7. The van der Waals surface area contributed by atoms with E-state index >= 15 is 0 Å². The summed E-state index contributed by atoms with van der Waals surface area (Å²) < 4.78 is 0. The lowest BCUT2D eigenvalue weighted by molar-refractivity contribution is -0.113. The summed E-state index contributed by atoms with van der Waals surface area (Å²) >= 11 is 8.78. The van der Waals surface area contributed by atoms with E-state index in [0.29, 0.717) is 15.9 Å². The minimum Gasteiger partial charge on any atom is -0.325 e. The van der Waals surface area contributed by atoms with Gasteiger partial charge in [-0.3, -0.25) is 9.89 Å². The van der Waals surface area contributed by atoms with Crippen LogP contribution in [0.1, 0.15) is 10.7 Å². The Balaban J connectivity index is 1.49. The number of benzene rings is 1. The molecule has 3 rings (SSSR count). The second kappa shape index (κ2) is 7.63. The van der Waals surface area contributed by atoms with E-state index < -0.39 is 0 Å². The highest BCUT2D eigenvalue weighted by Crippen LogP contribution is 2.17. The lowest BCUT2D eigenvalue weighted by atomic mass is 10.3. The molecule has 0 aliphatic carbocycles. The van der Waals surface area contributed by atoms with Gasteiger partial charge in [-0.05, 0) is 35.7 Å². The lowest BCUT2D eigenvalue weighted by Crippen LogP contribution is -2.13. The van der Waals surface area contributed by atoms with Gasteiger partial charge in [0.1, 0.15) is 5.82 Å². The molecular formula is C15H13ClN4OS2. The molecule has 0 radical (unpaired) electrons. The predicted octanol–water partition coefficient (Wildman–Crippen LogP) is 3.84. The fourth-order valence-corrected chi connectivity index (χ4v) is 3.31. The molecule has 0 saturated carbocycles. The second-order valence-corrected chi connectivity index (χ2v) is 7.08. The lowest BCUT2D eigenvalue weighted by Gasteiger charge is -2.03. The van der Waals surface area contributed by atoms with Crippen molar-refractivity contribution in [3.05, 3.63) is 57.5 Å². The average molecular weight is 365 g/mol. The van der Waals surface area contributed by atoms with Gasteiger partial charge in [0.15, 0.2) is 0 Å². The van der Waals surface area contributed by atoms with E-state index in [-0.39, 0.29) is 11.7 Å². The fraction of sp³-hybridized carbons (Fsp3) is 0.133. The molecule has 0 unspecified atom stereocenters. The number of thiophene rings is 1. The number of anilines is 1. The van der Waals surface area contributed by atoms with Crippen molar-refractivity contribution in [2.75, 3.05) is 11.1 Å². The fourth-order valence-electron chi connectivity index (χ4n) is 1.86. The Kier molecular flexibility index (Phi) is 5.32. The molecule has 0 saturated heterocycles. The van der Waals surface area contributed by atoms with Crippen LogP contribution in [0, 0.1) is 0 Å². The summed E-state index contributed by atoms with van der Waals surface area (Å²) in [6, 6.07) is 11.0. The van der Waals surface area contributed by atoms with Gasteiger partial charge in [-0.15, -0.1) is 16.4 Å². The molecule has 0 bridgehead atoms. The molecule has 0 fully saturated rings. The maximum atomic E-state index is 11.9. The molecule has 3 aromatic rings. The zero-order valence-electron chi connectivity index (χ0n) is 12.0. The van der Waals surface area contributed by atoms with Gasteiger partial charge in [0.05, 0.1) is 5.75 Å². The number of nitrogens with zero attached hydrogens (tertiary/aromatic N) is 2. The third kappa shape index (κ3) is 4.82. The Labute approximate surface area is 146 Å². The molecule has 1 aromatic carbocycles. The number of halogens is 1. The first-order valence-electron chi connectivity index (χ1n) is 6.81. The first-order valence-corrected chi connectivity index (χ1v) is 9.05. The molecule has 5 nitrogen and oxygen atoms in total. The summed E-state index contributed by atoms with van der Waals surface area (Å²) in [5.41, 5.74) is 0.716. The van der Waals surface area contributed by atoms with Crippen molar-refractivity contribution in [1.29, 1.82) is 0 Å². The van der Waals surface area contributed by atoms with Crippen LogP contribution in [-0.4, -0.2) is 26.8 Å². The van der Waals surface area contributed by atoms with Crippen LogP contribution in [-0.2, 0) is 11.2 Å². The number of hydrogen-bond acceptors (Lipinski definition) is 5. The number of rotatable bonds is 6. The Morgan fingerprint density at radius 1 is 1.30 bits per heavy atom. The van der Waals surface area contributed by atoms with Gasteiger partial charge in [-0.1, -0.05) is 29.4 Å². The standard InChI is InChI=1S/C15H13ClN4OS2/c16-10-3-5-11(6-4-10)17-14(21)9-23-15-18-13(19-20-15)8-12-2-1-7-22-12/h1-7H,8-9H2,(H,17,21)(H,18,19,20). The zero-order valence-corrected chi connectivity index (χ0v) is 14.3. The first-order chi connectivity index (χ1) is 11.2. The molecule has 118 valence electrons. The topological polar surface area (TPSA) is 70.7 Å².